The average Bonchev–Trinajstić information content (AvgIpc) is 3.11. The molecule has 6 nitrogen and oxygen atoms in total. The van der Waals surface area contributed by atoms with Gasteiger partial charge in [-0.3, -0.25) is 0 Å². The van der Waals surface area contributed by atoms with Crippen molar-refractivity contribution < 1.29 is 29.3 Å². The summed E-state index contributed by atoms with van der Waals surface area (Å²) in [7, 11) is 0. The van der Waals surface area contributed by atoms with Gasteiger partial charge in [0.15, 0.2) is 0 Å². The molecule has 242 valence electrons. The van der Waals surface area contributed by atoms with Crippen molar-refractivity contribution in [3.05, 3.63) is 131 Å². The molecule has 0 unspecified atom stereocenters. The summed E-state index contributed by atoms with van der Waals surface area (Å²) in [6.45, 7) is 8.37. The highest BCUT2D eigenvalue weighted by atomic mass is 16.5. The second-order valence-corrected chi connectivity index (χ2v) is 11.5. The van der Waals surface area contributed by atoms with Crippen LogP contribution in [0.3, 0.4) is 0 Å². The number of esters is 2. The van der Waals surface area contributed by atoms with Gasteiger partial charge >= 0.3 is 11.9 Å². The maximum Gasteiger partial charge on any atom is 0.341 e. The number of benzene rings is 3. The monoisotopic (exact) mass is 630 g/mol. The fraction of sp³-hybridized carbons (Fsp3) is 0.268. The second kappa shape index (κ2) is 17.7. The zero-order valence-corrected chi connectivity index (χ0v) is 27.0. The van der Waals surface area contributed by atoms with Crippen molar-refractivity contribution in [3.63, 3.8) is 0 Å². The molecule has 0 heterocycles. The molecule has 4 rings (SSSR count). The van der Waals surface area contributed by atoms with E-state index in [1.807, 2.05) is 48.6 Å². The molecule has 0 radical (unpaired) electrons. The molecule has 0 fully saturated rings. The molecule has 0 atom stereocenters. The van der Waals surface area contributed by atoms with Crippen LogP contribution in [0, 0.1) is 11.8 Å². The van der Waals surface area contributed by atoms with Gasteiger partial charge < -0.3 is 19.7 Å². The Labute approximate surface area is 277 Å². The standard InChI is InChI=1S/C41H42O6/c1-4-5-6-7-8-9-36-26-37(35-20-24-39(25-21-35)47-41(45)30(3)28-43)17-16-34(36)15-12-31-10-13-32(14-11-31)33-18-22-38(23-19-33)46-40(44)29(2)27-42/h10-11,13-14,16-20,22-24,26,42-43H,2-9,21,25,27-28H2,1H3. The van der Waals surface area contributed by atoms with E-state index in [0.29, 0.717) is 17.9 Å². The summed E-state index contributed by atoms with van der Waals surface area (Å²) in [5, 5.41) is 18.2. The van der Waals surface area contributed by atoms with E-state index in [4.69, 9.17) is 19.7 Å². The minimum atomic E-state index is -0.651. The number of ether oxygens (including phenoxy) is 2. The summed E-state index contributed by atoms with van der Waals surface area (Å²) < 4.78 is 10.6. The van der Waals surface area contributed by atoms with Crippen molar-refractivity contribution in [3.8, 4) is 28.7 Å². The topological polar surface area (TPSA) is 93.1 Å². The lowest BCUT2D eigenvalue weighted by atomic mass is 9.91. The third kappa shape index (κ3) is 10.3. The SMILES string of the molecule is C=C(CO)C(=O)OC1=CC=C(c2ccc(C#Cc3ccc(-c4ccc(OC(=O)C(=C)CO)cc4)cc3)c(CCCCCCC)c2)CC1. The van der Waals surface area contributed by atoms with Gasteiger partial charge in [0, 0.05) is 17.5 Å². The lowest BCUT2D eigenvalue weighted by molar-refractivity contribution is -0.135. The molecular formula is C41H42O6. The first-order chi connectivity index (χ1) is 22.8. The Bertz CT molecular complexity index is 1710. The Kier molecular flexibility index (Phi) is 13.1. The zero-order chi connectivity index (χ0) is 33.6. The van der Waals surface area contributed by atoms with Gasteiger partial charge in [0.25, 0.3) is 0 Å². The molecule has 0 saturated carbocycles. The summed E-state index contributed by atoms with van der Waals surface area (Å²) in [5.41, 5.74) is 7.50. The van der Waals surface area contributed by atoms with E-state index in [0.717, 1.165) is 47.1 Å². The van der Waals surface area contributed by atoms with Crippen molar-refractivity contribution in [1.29, 1.82) is 0 Å². The summed E-state index contributed by atoms with van der Waals surface area (Å²) in [6.07, 6.45) is 12.1. The number of aryl methyl sites for hydroxylation is 1. The van der Waals surface area contributed by atoms with Crippen LogP contribution in [-0.4, -0.2) is 35.4 Å². The van der Waals surface area contributed by atoms with Crippen molar-refractivity contribution in [2.24, 2.45) is 0 Å². The Hall–Kier alpha value is -4.96. The van der Waals surface area contributed by atoms with Crippen LogP contribution in [0.15, 0.2) is 109 Å². The average molecular weight is 631 g/mol. The molecule has 3 aromatic carbocycles. The van der Waals surface area contributed by atoms with E-state index < -0.39 is 25.2 Å². The number of aliphatic hydroxyl groups is 2. The van der Waals surface area contributed by atoms with Crippen molar-refractivity contribution in [1.82, 2.24) is 0 Å². The quantitative estimate of drug-likeness (QED) is 0.0619. The highest BCUT2D eigenvalue weighted by Gasteiger charge is 2.15. The summed E-state index contributed by atoms with van der Waals surface area (Å²) in [5.74, 6) is 6.46. The summed E-state index contributed by atoms with van der Waals surface area (Å²) in [4.78, 5) is 23.8. The molecule has 3 aromatic rings. The summed E-state index contributed by atoms with van der Waals surface area (Å²) in [6, 6.07) is 21.7. The Morgan fingerprint density at radius 3 is 1.96 bits per heavy atom. The number of hydrogen-bond donors (Lipinski definition) is 2. The number of rotatable bonds is 14. The smallest absolute Gasteiger partial charge is 0.341 e. The fourth-order valence-electron chi connectivity index (χ4n) is 5.09. The molecule has 6 heteroatoms. The first-order valence-electron chi connectivity index (χ1n) is 16.1. The lowest BCUT2D eigenvalue weighted by Gasteiger charge is -2.16. The molecule has 0 aromatic heterocycles. The largest absolute Gasteiger partial charge is 0.428 e. The highest BCUT2D eigenvalue weighted by molar-refractivity contribution is 5.90. The van der Waals surface area contributed by atoms with Crippen LogP contribution in [-0.2, 0) is 20.7 Å². The minimum Gasteiger partial charge on any atom is -0.428 e. The van der Waals surface area contributed by atoms with E-state index >= 15 is 0 Å². The van der Waals surface area contributed by atoms with Gasteiger partial charge in [0.2, 0.25) is 0 Å². The first kappa shape index (κ1) is 34.9. The van der Waals surface area contributed by atoms with E-state index in [1.54, 1.807) is 12.1 Å². The van der Waals surface area contributed by atoms with Crippen LogP contribution in [0.2, 0.25) is 0 Å². The number of carbonyl (C=O) groups is 2. The molecule has 47 heavy (non-hydrogen) atoms. The van der Waals surface area contributed by atoms with Gasteiger partial charge in [-0.25, -0.2) is 9.59 Å². The molecule has 0 saturated heterocycles. The molecular weight excluding hydrogens is 588 g/mol. The predicted octanol–water partition coefficient (Wildman–Crippen LogP) is 7.87. The molecule has 0 amide bonds. The van der Waals surface area contributed by atoms with E-state index in [-0.39, 0.29) is 11.1 Å². The number of aliphatic hydroxyl groups excluding tert-OH is 2. The van der Waals surface area contributed by atoms with Crippen LogP contribution >= 0.6 is 0 Å². The van der Waals surface area contributed by atoms with E-state index in [1.165, 1.54) is 36.8 Å². The lowest BCUT2D eigenvalue weighted by Crippen LogP contribution is -2.12. The van der Waals surface area contributed by atoms with Gasteiger partial charge in [0.05, 0.1) is 24.4 Å². The third-order valence-corrected chi connectivity index (χ3v) is 7.94. The zero-order valence-electron chi connectivity index (χ0n) is 27.0. The minimum absolute atomic E-state index is 0.00244. The van der Waals surface area contributed by atoms with Crippen molar-refractivity contribution >= 4 is 17.5 Å². The second-order valence-electron chi connectivity index (χ2n) is 11.5. The maximum atomic E-state index is 12.0. The van der Waals surface area contributed by atoms with Gasteiger partial charge in [-0.05, 0) is 83.5 Å². The molecule has 1 aliphatic rings. The van der Waals surface area contributed by atoms with Crippen molar-refractivity contribution in [2.75, 3.05) is 13.2 Å². The van der Waals surface area contributed by atoms with Crippen LogP contribution in [0.1, 0.15) is 74.1 Å². The normalized spacial score (nSPS) is 12.2. The third-order valence-electron chi connectivity index (χ3n) is 7.94. The maximum absolute atomic E-state index is 12.0. The van der Waals surface area contributed by atoms with Crippen LogP contribution in [0.25, 0.3) is 16.7 Å². The fourth-order valence-corrected chi connectivity index (χ4v) is 5.09. The summed E-state index contributed by atoms with van der Waals surface area (Å²) >= 11 is 0. The molecule has 0 spiro atoms. The number of hydrogen-bond acceptors (Lipinski definition) is 6. The molecule has 2 N–H and O–H groups in total. The molecule has 1 aliphatic carbocycles. The Morgan fingerprint density at radius 1 is 0.723 bits per heavy atom. The molecule has 0 bridgehead atoms. The van der Waals surface area contributed by atoms with Gasteiger partial charge in [-0.15, -0.1) is 0 Å². The van der Waals surface area contributed by atoms with Crippen molar-refractivity contribution in [2.45, 2.75) is 58.3 Å². The number of carbonyl (C=O) groups excluding carboxylic acids is 2. The van der Waals surface area contributed by atoms with E-state index in [2.05, 4.69) is 50.1 Å². The Balaban J connectivity index is 1.48. The number of unbranched alkanes of at least 4 members (excludes halogenated alkanes) is 4. The van der Waals surface area contributed by atoms with Crippen LogP contribution < -0.4 is 4.74 Å². The van der Waals surface area contributed by atoms with E-state index in [9.17, 15) is 9.59 Å². The Morgan fingerprint density at radius 2 is 1.34 bits per heavy atom. The highest BCUT2D eigenvalue weighted by Crippen LogP contribution is 2.30. The first-order valence-corrected chi connectivity index (χ1v) is 16.1. The van der Waals surface area contributed by atoms with Crippen LogP contribution in [0.4, 0.5) is 0 Å². The van der Waals surface area contributed by atoms with Gasteiger partial charge in [0.1, 0.15) is 11.5 Å². The number of allylic oxidation sites excluding steroid dienone is 4. The van der Waals surface area contributed by atoms with Crippen LogP contribution in [0.5, 0.6) is 5.75 Å². The van der Waals surface area contributed by atoms with Gasteiger partial charge in [-0.1, -0.05) is 100 Å². The predicted molar refractivity (Wildman–Crippen MR) is 186 cm³/mol. The van der Waals surface area contributed by atoms with Gasteiger partial charge in [-0.2, -0.15) is 0 Å². The molecule has 0 aliphatic heterocycles.